The second-order valence-corrected chi connectivity index (χ2v) is 4.23. The topological polar surface area (TPSA) is 76.9 Å². The number of rotatable bonds is 5. The molecule has 2 rings (SSSR count). The van der Waals surface area contributed by atoms with Crippen molar-refractivity contribution in [1.82, 2.24) is 20.1 Å². The first-order valence-corrected chi connectivity index (χ1v) is 6.46. The lowest BCUT2D eigenvalue weighted by molar-refractivity contribution is 0.0946. The Morgan fingerprint density at radius 3 is 2.70 bits per heavy atom. The SMILES string of the molecule is CCn1nc(C(=O)NCCc2ccncc2)ccc1=O. The summed E-state index contributed by atoms with van der Waals surface area (Å²) in [4.78, 5) is 27.2. The summed E-state index contributed by atoms with van der Waals surface area (Å²) < 4.78 is 1.26. The molecule has 0 saturated carbocycles. The predicted molar refractivity (Wildman–Crippen MR) is 74.4 cm³/mol. The zero-order chi connectivity index (χ0) is 14.4. The summed E-state index contributed by atoms with van der Waals surface area (Å²) in [6, 6.07) is 6.61. The van der Waals surface area contributed by atoms with Crippen LogP contribution >= 0.6 is 0 Å². The summed E-state index contributed by atoms with van der Waals surface area (Å²) in [6.45, 7) is 2.76. The van der Waals surface area contributed by atoms with Crippen LogP contribution in [0.25, 0.3) is 0 Å². The van der Waals surface area contributed by atoms with Gasteiger partial charge in [0.1, 0.15) is 5.69 Å². The fourth-order valence-electron chi connectivity index (χ4n) is 1.76. The second kappa shape index (κ2) is 6.60. The molecule has 0 aliphatic heterocycles. The molecular formula is C14H16N4O2. The van der Waals surface area contributed by atoms with Gasteiger partial charge in [0.2, 0.25) is 0 Å². The zero-order valence-electron chi connectivity index (χ0n) is 11.2. The van der Waals surface area contributed by atoms with Crippen LogP contribution < -0.4 is 10.9 Å². The summed E-state index contributed by atoms with van der Waals surface area (Å²) in [5, 5.41) is 6.78. The first-order valence-electron chi connectivity index (χ1n) is 6.46. The van der Waals surface area contributed by atoms with E-state index in [0.717, 1.165) is 12.0 Å². The quantitative estimate of drug-likeness (QED) is 0.866. The van der Waals surface area contributed by atoms with Gasteiger partial charge in [-0.25, -0.2) is 4.68 Å². The molecule has 1 N–H and O–H groups in total. The number of carbonyl (C=O) groups excluding carboxylic acids is 1. The Kier molecular flexibility index (Phi) is 4.60. The molecule has 20 heavy (non-hydrogen) atoms. The molecule has 0 atom stereocenters. The van der Waals surface area contributed by atoms with Crippen molar-refractivity contribution in [2.24, 2.45) is 0 Å². The van der Waals surface area contributed by atoms with Gasteiger partial charge in [-0.15, -0.1) is 0 Å². The fourth-order valence-corrected chi connectivity index (χ4v) is 1.76. The average Bonchev–Trinajstić information content (AvgIpc) is 2.48. The number of aromatic nitrogens is 3. The van der Waals surface area contributed by atoms with Crippen LogP contribution in [-0.4, -0.2) is 27.2 Å². The van der Waals surface area contributed by atoms with E-state index in [1.54, 1.807) is 19.3 Å². The van der Waals surface area contributed by atoms with E-state index in [4.69, 9.17) is 0 Å². The average molecular weight is 272 g/mol. The van der Waals surface area contributed by atoms with E-state index in [1.807, 2.05) is 12.1 Å². The number of hydrogen-bond acceptors (Lipinski definition) is 4. The molecule has 6 nitrogen and oxygen atoms in total. The molecule has 2 aromatic rings. The molecule has 0 radical (unpaired) electrons. The van der Waals surface area contributed by atoms with Gasteiger partial charge < -0.3 is 5.32 Å². The Labute approximate surface area is 116 Å². The summed E-state index contributed by atoms with van der Waals surface area (Å²) in [7, 11) is 0. The van der Waals surface area contributed by atoms with Gasteiger partial charge >= 0.3 is 0 Å². The maximum Gasteiger partial charge on any atom is 0.271 e. The highest BCUT2D eigenvalue weighted by Crippen LogP contribution is 1.97. The van der Waals surface area contributed by atoms with Crippen LogP contribution in [0.3, 0.4) is 0 Å². The van der Waals surface area contributed by atoms with Gasteiger partial charge in [-0.05, 0) is 37.1 Å². The number of nitrogens with zero attached hydrogens (tertiary/aromatic N) is 3. The highest BCUT2D eigenvalue weighted by Gasteiger charge is 2.08. The highest BCUT2D eigenvalue weighted by molar-refractivity contribution is 5.91. The summed E-state index contributed by atoms with van der Waals surface area (Å²) in [6.07, 6.45) is 4.16. The molecule has 0 bridgehead atoms. The van der Waals surface area contributed by atoms with E-state index in [2.05, 4.69) is 15.4 Å². The molecule has 0 saturated heterocycles. The third-order valence-electron chi connectivity index (χ3n) is 2.85. The van der Waals surface area contributed by atoms with E-state index in [9.17, 15) is 9.59 Å². The van der Waals surface area contributed by atoms with Gasteiger partial charge in [-0.1, -0.05) is 0 Å². The molecule has 0 spiro atoms. The third kappa shape index (κ3) is 3.50. The molecule has 2 aromatic heterocycles. The molecule has 0 aliphatic rings. The number of hydrogen-bond donors (Lipinski definition) is 1. The molecule has 2 heterocycles. The van der Waals surface area contributed by atoms with Crippen molar-refractivity contribution in [2.75, 3.05) is 6.54 Å². The van der Waals surface area contributed by atoms with E-state index >= 15 is 0 Å². The van der Waals surface area contributed by atoms with Gasteiger partial charge in [0.15, 0.2) is 0 Å². The van der Waals surface area contributed by atoms with Crippen LogP contribution in [0, 0.1) is 0 Å². The standard InChI is InChI=1S/C14H16N4O2/c1-2-18-13(19)4-3-12(17-18)14(20)16-10-7-11-5-8-15-9-6-11/h3-6,8-9H,2,7,10H2,1H3,(H,16,20). The molecule has 1 amide bonds. The maximum atomic E-state index is 11.9. The molecule has 0 aliphatic carbocycles. The Morgan fingerprint density at radius 1 is 1.25 bits per heavy atom. The minimum atomic E-state index is -0.277. The highest BCUT2D eigenvalue weighted by atomic mass is 16.2. The van der Waals surface area contributed by atoms with Crippen LogP contribution in [0.5, 0.6) is 0 Å². The van der Waals surface area contributed by atoms with Gasteiger partial charge in [-0.3, -0.25) is 14.6 Å². The predicted octanol–water partition coefficient (Wildman–Crippen LogP) is 0.631. The van der Waals surface area contributed by atoms with Crippen molar-refractivity contribution in [1.29, 1.82) is 0 Å². The Bertz CT molecular complexity index is 637. The normalized spacial score (nSPS) is 10.2. The number of aryl methyl sites for hydroxylation is 1. The van der Waals surface area contributed by atoms with Crippen molar-refractivity contribution < 1.29 is 4.79 Å². The monoisotopic (exact) mass is 272 g/mol. The van der Waals surface area contributed by atoms with Crippen LogP contribution in [0.15, 0.2) is 41.5 Å². The van der Waals surface area contributed by atoms with Crippen molar-refractivity contribution in [2.45, 2.75) is 19.9 Å². The lowest BCUT2D eigenvalue weighted by Gasteiger charge is -2.06. The van der Waals surface area contributed by atoms with Crippen molar-refractivity contribution in [3.05, 3.63) is 58.3 Å². The lowest BCUT2D eigenvalue weighted by Crippen LogP contribution is -2.30. The smallest absolute Gasteiger partial charge is 0.271 e. The van der Waals surface area contributed by atoms with E-state index in [1.165, 1.54) is 16.8 Å². The molecule has 6 heteroatoms. The minimum absolute atomic E-state index is 0.208. The van der Waals surface area contributed by atoms with Crippen molar-refractivity contribution >= 4 is 5.91 Å². The van der Waals surface area contributed by atoms with Gasteiger partial charge in [0.25, 0.3) is 11.5 Å². The summed E-state index contributed by atoms with van der Waals surface area (Å²) >= 11 is 0. The first-order chi connectivity index (χ1) is 9.70. The minimum Gasteiger partial charge on any atom is -0.350 e. The molecular weight excluding hydrogens is 256 g/mol. The van der Waals surface area contributed by atoms with Gasteiger partial charge in [0.05, 0.1) is 0 Å². The van der Waals surface area contributed by atoms with Crippen LogP contribution in [0.1, 0.15) is 23.0 Å². The number of nitrogens with one attached hydrogen (secondary N) is 1. The Morgan fingerprint density at radius 2 is 2.00 bits per heavy atom. The summed E-state index contributed by atoms with van der Waals surface area (Å²) in [5.41, 5.74) is 1.15. The first kappa shape index (κ1) is 13.9. The summed E-state index contributed by atoms with van der Waals surface area (Å²) in [5.74, 6) is -0.277. The molecule has 104 valence electrons. The van der Waals surface area contributed by atoms with Crippen molar-refractivity contribution in [3.63, 3.8) is 0 Å². The lowest BCUT2D eigenvalue weighted by atomic mass is 10.2. The fraction of sp³-hybridized carbons (Fsp3) is 0.286. The largest absolute Gasteiger partial charge is 0.350 e. The maximum absolute atomic E-state index is 11.9. The zero-order valence-corrected chi connectivity index (χ0v) is 11.2. The van der Waals surface area contributed by atoms with E-state index in [0.29, 0.717) is 13.1 Å². The van der Waals surface area contributed by atoms with E-state index in [-0.39, 0.29) is 17.2 Å². The van der Waals surface area contributed by atoms with E-state index < -0.39 is 0 Å². The molecule has 0 fully saturated rings. The number of amides is 1. The van der Waals surface area contributed by atoms with Gasteiger partial charge in [0, 0.05) is 31.5 Å². The number of carbonyl (C=O) groups is 1. The number of pyridine rings is 1. The van der Waals surface area contributed by atoms with Crippen LogP contribution in [0.4, 0.5) is 0 Å². The molecule has 0 unspecified atom stereocenters. The van der Waals surface area contributed by atoms with Crippen LogP contribution in [-0.2, 0) is 13.0 Å². The van der Waals surface area contributed by atoms with Gasteiger partial charge in [-0.2, -0.15) is 5.10 Å². The molecule has 0 aromatic carbocycles. The third-order valence-corrected chi connectivity index (χ3v) is 2.85. The van der Waals surface area contributed by atoms with Crippen molar-refractivity contribution in [3.8, 4) is 0 Å². The second-order valence-electron chi connectivity index (χ2n) is 4.23. The Balaban J connectivity index is 1.93. The Hall–Kier alpha value is -2.50. The van der Waals surface area contributed by atoms with Crippen LogP contribution in [0.2, 0.25) is 0 Å².